The predicted octanol–water partition coefficient (Wildman–Crippen LogP) is 23.1. The average molecular weight is 1090 g/mol. The lowest BCUT2D eigenvalue weighted by Crippen LogP contribution is -2.30. The molecule has 6 nitrogen and oxygen atoms in total. The first-order chi connectivity index (χ1) is 38.5. The minimum atomic E-state index is -0.806. The Bertz CT molecular complexity index is 1480. The Labute approximate surface area is 484 Å². The Kier molecular flexibility index (Phi) is 63.2. The van der Waals surface area contributed by atoms with Crippen LogP contribution in [0.2, 0.25) is 0 Å². The summed E-state index contributed by atoms with van der Waals surface area (Å²) in [7, 11) is 0. The standard InChI is InChI=1S/C72H126O6/c1-4-7-10-13-16-19-22-25-28-31-32-33-34-35-36-37-38-39-40-42-44-47-50-53-56-59-62-65-71(74)77-68-69(67-76-70(73)64-61-58-55-52-49-46-43-30-27-24-21-18-15-12-9-6-3)78-72(75)66-63-60-57-54-51-48-45-41-29-26-23-20-17-14-11-8-5-2/h8,11,17,20,22,25-26,29,31-32,45,48,54,57,69H,4-7,9-10,12-16,18-19,21,23-24,27-28,30,33-44,46-47,49-53,55-56,58-68H2,1-3H3/b11-8-,20-17-,25-22-,29-26-,32-31-,48-45-,57-54-. The first-order valence-electron chi connectivity index (χ1n) is 33.6. The summed E-state index contributed by atoms with van der Waals surface area (Å²) >= 11 is 0. The normalized spacial score (nSPS) is 12.6. The van der Waals surface area contributed by atoms with E-state index in [4.69, 9.17) is 14.2 Å². The van der Waals surface area contributed by atoms with Gasteiger partial charge in [-0.2, -0.15) is 0 Å². The van der Waals surface area contributed by atoms with Gasteiger partial charge in [-0.15, -0.1) is 0 Å². The Morgan fingerprint density at radius 2 is 0.513 bits per heavy atom. The number of ether oxygens (including phenoxy) is 3. The van der Waals surface area contributed by atoms with E-state index in [1.165, 1.54) is 205 Å². The maximum atomic E-state index is 12.9. The van der Waals surface area contributed by atoms with Gasteiger partial charge < -0.3 is 14.2 Å². The number of allylic oxidation sites excluding steroid dienone is 14. The van der Waals surface area contributed by atoms with E-state index in [0.29, 0.717) is 19.3 Å². The van der Waals surface area contributed by atoms with Gasteiger partial charge in [-0.25, -0.2) is 0 Å². The second-order valence-corrected chi connectivity index (χ2v) is 22.4. The maximum absolute atomic E-state index is 12.9. The Morgan fingerprint density at radius 3 is 0.821 bits per heavy atom. The summed E-state index contributed by atoms with van der Waals surface area (Å²) in [5.41, 5.74) is 0. The highest BCUT2D eigenvalue weighted by Crippen LogP contribution is 2.17. The third-order valence-electron chi connectivity index (χ3n) is 14.6. The molecule has 0 saturated carbocycles. The molecule has 1 unspecified atom stereocenters. The molecule has 0 aromatic heterocycles. The molecule has 0 bridgehead atoms. The number of esters is 3. The van der Waals surface area contributed by atoms with Crippen LogP contribution >= 0.6 is 0 Å². The van der Waals surface area contributed by atoms with Crippen molar-refractivity contribution in [1.82, 2.24) is 0 Å². The predicted molar refractivity (Wildman–Crippen MR) is 339 cm³/mol. The Hall–Kier alpha value is -3.41. The molecule has 1 atom stereocenters. The van der Waals surface area contributed by atoms with E-state index in [2.05, 4.69) is 106 Å². The van der Waals surface area contributed by atoms with Gasteiger partial charge in [0, 0.05) is 19.3 Å². The van der Waals surface area contributed by atoms with Crippen LogP contribution in [0.1, 0.15) is 335 Å². The summed E-state index contributed by atoms with van der Waals surface area (Å²) in [5.74, 6) is -0.938. The highest BCUT2D eigenvalue weighted by Gasteiger charge is 2.19. The fourth-order valence-electron chi connectivity index (χ4n) is 9.63. The first kappa shape index (κ1) is 74.6. The van der Waals surface area contributed by atoms with Crippen LogP contribution in [-0.4, -0.2) is 37.2 Å². The van der Waals surface area contributed by atoms with Crippen molar-refractivity contribution in [3.05, 3.63) is 85.1 Å². The van der Waals surface area contributed by atoms with Gasteiger partial charge in [0.25, 0.3) is 0 Å². The summed E-state index contributed by atoms with van der Waals surface area (Å²) < 4.78 is 16.9. The molecule has 450 valence electrons. The summed E-state index contributed by atoms with van der Waals surface area (Å²) in [6.45, 7) is 6.51. The summed E-state index contributed by atoms with van der Waals surface area (Å²) in [4.78, 5) is 38.3. The molecule has 0 aliphatic carbocycles. The van der Waals surface area contributed by atoms with Crippen LogP contribution in [0.3, 0.4) is 0 Å². The van der Waals surface area contributed by atoms with Crippen LogP contribution in [0.4, 0.5) is 0 Å². The molecule has 78 heavy (non-hydrogen) atoms. The van der Waals surface area contributed by atoms with Crippen molar-refractivity contribution in [2.75, 3.05) is 13.2 Å². The van der Waals surface area contributed by atoms with Crippen molar-refractivity contribution >= 4 is 17.9 Å². The number of carbonyl (C=O) groups is 3. The van der Waals surface area contributed by atoms with Crippen LogP contribution in [-0.2, 0) is 28.6 Å². The van der Waals surface area contributed by atoms with Gasteiger partial charge in [-0.05, 0) is 89.9 Å². The van der Waals surface area contributed by atoms with Crippen molar-refractivity contribution in [3.8, 4) is 0 Å². The van der Waals surface area contributed by atoms with Crippen molar-refractivity contribution in [3.63, 3.8) is 0 Å². The lowest BCUT2D eigenvalue weighted by Gasteiger charge is -2.18. The largest absolute Gasteiger partial charge is 0.462 e. The highest BCUT2D eigenvalue weighted by molar-refractivity contribution is 5.71. The smallest absolute Gasteiger partial charge is 0.306 e. The molecule has 0 fully saturated rings. The van der Waals surface area contributed by atoms with Gasteiger partial charge in [-0.1, -0.05) is 311 Å². The van der Waals surface area contributed by atoms with Crippen LogP contribution in [0.25, 0.3) is 0 Å². The van der Waals surface area contributed by atoms with Gasteiger partial charge in [0.05, 0.1) is 0 Å². The summed E-state index contributed by atoms with van der Waals surface area (Å²) in [5, 5.41) is 0. The topological polar surface area (TPSA) is 78.9 Å². The van der Waals surface area contributed by atoms with Crippen LogP contribution in [0.5, 0.6) is 0 Å². The van der Waals surface area contributed by atoms with E-state index in [9.17, 15) is 14.4 Å². The maximum Gasteiger partial charge on any atom is 0.306 e. The van der Waals surface area contributed by atoms with E-state index < -0.39 is 6.10 Å². The molecule has 6 heteroatoms. The number of hydrogen-bond acceptors (Lipinski definition) is 6. The first-order valence-corrected chi connectivity index (χ1v) is 33.6. The van der Waals surface area contributed by atoms with Crippen molar-refractivity contribution in [2.45, 2.75) is 341 Å². The number of rotatable bonds is 61. The van der Waals surface area contributed by atoms with Crippen LogP contribution < -0.4 is 0 Å². The summed E-state index contributed by atoms with van der Waals surface area (Å²) in [6, 6.07) is 0. The van der Waals surface area contributed by atoms with E-state index in [0.717, 1.165) is 83.5 Å². The second-order valence-electron chi connectivity index (χ2n) is 22.4. The molecule has 0 aromatic rings. The zero-order chi connectivity index (χ0) is 56.4. The van der Waals surface area contributed by atoms with E-state index in [1.54, 1.807) is 0 Å². The lowest BCUT2D eigenvalue weighted by molar-refractivity contribution is -0.167. The van der Waals surface area contributed by atoms with Gasteiger partial charge >= 0.3 is 17.9 Å². The minimum absolute atomic E-state index is 0.0955. The van der Waals surface area contributed by atoms with Crippen LogP contribution in [0.15, 0.2) is 85.1 Å². The molecule has 0 aliphatic heterocycles. The molecule has 0 radical (unpaired) electrons. The monoisotopic (exact) mass is 1090 g/mol. The Morgan fingerprint density at radius 1 is 0.269 bits per heavy atom. The average Bonchev–Trinajstić information content (AvgIpc) is 3.44. The lowest BCUT2D eigenvalue weighted by atomic mass is 10.0. The summed E-state index contributed by atoms with van der Waals surface area (Å²) in [6.07, 6.45) is 87.5. The third-order valence-corrected chi connectivity index (χ3v) is 14.6. The van der Waals surface area contributed by atoms with E-state index in [1.807, 2.05) is 0 Å². The molecule has 0 aromatic carbocycles. The third kappa shape index (κ3) is 63.4. The fourth-order valence-corrected chi connectivity index (χ4v) is 9.63. The van der Waals surface area contributed by atoms with Crippen molar-refractivity contribution in [2.24, 2.45) is 0 Å². The molecule has 0 aliphatic rings. The second kappa shape index (κ2) is 66.1. The minimum Gasteiger partial charge on any atom is -0.462 e. The fraction of sp³-hybridized carbons (Fsp3) is 0.764. The number of unbranched alkanes of at least 4 members (excludes halogenated alkanes) is 36. The zero-order valence-corrected chi connectivity index (χ0v) is 51.7. The van der Waals surface area contributed by atoms with Gasteiger partial charge in [0.15, 0.2) is 6.10 Å². The molecule has 0 spiro atoms. The highest BCUT2D eigenvalue weighted by atomic mass is 16.6. The molecule has 0 rings (SSSR count). The molecular weight excluding hydrogens is 961 g/mol. The Balaban J connectivity index is 4.33. The molecule has 0 heterocycles. The SMILES string of the molecule is CC/C=C\C/C=C\C/C=C\C/C=C\C/C=C\CCCC(=O)OC(COC(=O)CCCCCCCCCCCCCCCCCC)COC(=O)CCCCCCCCCCCCCCCCC/C=C\C/C=C\CCCCCCC. The molecular formula is C72H126O6. The van der Waals surface area contributed by atoms with E-state index in [-0.39, 0.29) is 37.5 Å². The van der Waals surface area contributed by atoms with Crippen molar-refractivity contribution < 1.29 is 28.6 Å². The van der Waals surface area contributed by atoms with Gasteiger partial charge in [0.2, 0.25) is 0 Å². The quantitative estimate of drug-likeness (QED) is 0.0261. The number of carbonyl (C=O) groups excluding carboxylic acids is 3. The van der Waals surface area contributed by atoms with Crippen molar-refractivity contribution in [1.29, 1.82) is 0 Å². The van der Waals surface area contributed by atoms with E-state index >= 15 is 0 Å². The van der Waals surface area contributed by atoms with Gasteiger partial charge in [0.1, 0.15) is 13.2 Å². The molecule has 0 saturated heterocycles. The number of hydrogen-bond donors (Lipinski definition) is 0. The van der Waals surface area contributed by atoms with Crippen LogP contribution in [0, 0.1) is 0 Å². The molecule has 0 amide bonds. The van der Waals surface area contributed by atoms with Gasteiger partial charge in [-0.3, -0.25) is 14.4 Å². The zero-order valence-electron chi connectivity index (χ0n) is 51.7. The molecule has 0 N–H and O–H groups in total.